The molecule has 0 aliphatic carbocycles. The molecule has 1 aromatic rings. The molecular weight excluding hydrogens is 242 g/mol. The van der Waals surface area contributed by atoms with E-state index in [1.807, 2.05) is 37.7 Å². The molecule has 3 heteroatoms. The number of ether oxygens (including phenoxy) is 1. The summed E-state index contributed by atoms with van der Waals surface area (Å²) in [6.07, 6.45) is 4.96. The Morgan fingerprint density at radius 1 is 1.17 bits per heavy atom. The van der Waals surface area contributed by atoms with Gasteiger partial charge in [0, 0.05) is 6.54 Å². The van der Waals surface area contributed by atoms with Crippen molar-refractivity contribution in [2.75, 3.05) is 18.6 Å². The van der Waals surface area contributed by atoms with E-state index in [1.165, 1.54) is 24.2 Å². The van der Waals surface area contributed by atoms with Gasteiger partial charge in [-0.1, -0.05) is 12.1 Å². The van der Waals surface area contributed by atoms with Crippen LogP contribution in [0, 0.1) is 0 Å². The molecular formula is C15H25NOS. The van der Waals surface area contributed by atoms with Crippen LogP contribution in [0.1, 0.15) is 32.3 Å². The van der Waals surface area contributed by atoms with Crippen molar-refractivity contribution >= 4 is 11.8 Å². The molecule has 0 fully saturated rings. The van der Waals surface area contributed by atoms with Gasteiger partial charge in [-0.2, -0.15) is 11.8 Å². The molecule has 1 N–H and O–H groups in total. The van der Waals surface area contributed by atoms with Crippen molar-refractivity contribution in [1.29, 1.82) is 0 Å². The van der Waals surface area contributed by atoms with Crippen LogP contribution < -0.4 is 10.1 Å². The number of nitrogens with one attached hydrogen (secondary N) is 1. The topological polar surface area (TPSA) is 21.3 Å². The molecule has 1 rings (SSSR count). The molecule has 0 amide bonds. The first-order chi connectivity index (χ1) is 8.72. The second-order valence-electron chi connectivity index (χ2n) is 4.69. The van der Waals surface area contributed by atoms with E-state index < -0.39 is 0 Å². The predicted octanol–water partition coefficient (Wildman–Crippen LogP) is 3.71. The summed E-state index contributed by atoms with van der Waals surface area (Å²) in [4.78, 5) is 0. The van der Waals surface area contributed by atoms with Gasteiger partial charge in [0.15, 0.2) is 0 Å². The predicted molar refractivity (Wildman–Crippen MR) is 81.5 cm³/mol. The van der Waals surface area contributed by atoms with Gasteiger partial charge >= 0.3 is 0 Å². The van der Waals surface area contributed by atoms with E-state index in [2.05, 4.69) is 23.7 Å². The molecule has 102 valence electrons. The second kappa shape index (κ2) is 9.29. The van der Waals surface area contributed by atoms with Crippen LogP contribution in [-0.2, 0) is 6.54 Å². The highest BCUT2D eigenvalue weighted by molar-refractivity contribution is 7.98. The average Bonchev–Trinajstić information content (AvgIpc) is 2.35. The molecule has 0 aliphatic rings. The summed E-state index contributed by atoms with van der Waals surface area (Å²) in [6.45, 7) is 6.14. The molecule has 0 spiro atoms. The first-order valence-electron chi connectivity index (χ1n) is 6.67. The fourth-order valence-electron chi connectivity index (χ4n) is 1.69. The number of thioether (sulfide) groups is 1. The summed E-state index contributed by atoms with van der Waals surface area (Å²) in [5, 5.41) is 3.47. The summed E-state index contributed by atoms with van der Waals surface area (Å²) in [5.41, 5.74) is 1.32. The van der Waals surface area contributed by atoms with Gasteiger partial charge in [0.2, 0.25) is 0 Å². The smallest absolute Gasteiger partial charge is 0.119 e. The monoisotopic (exact) mass is 267 g/mol. The third-order valence-electron chi connectivity index (χ3n) is 2.58. The Balaban J connectivity index is 2.18. The zero-order valence-corrected chi connectivity index (χ0v) is 12.6. The lowest BCUT2D eigenvalue weighted by molar-refractivity contribution is 0.242. The van der Waals surface area contributed by atoms with E-state index >= 15 is 0 Å². The number of rotatable bonds is 9. The summed E-state index contributed by atoms with van der Waals surface area (Å²) >= 11 is 1.92. The summed E-state index contributed by atoms with van der Waals surface area (Å²) in [5.74, 6) is 2.22. The fourth-order valence-corrected chi connectivity index (χ4v) is 2.18. The number of hydrogen-bond donors (Lipinski definition) is 1. The molecule has 0 unspecified atom stereocenters. The lowest BCUT2D eigenvalue weighted by atomic mass is 10.2. The molecule has 0 radical (unpaired) electrons. The Bertz CT molecular complexity index is 311. The van der Waals surface area contributed by atoms with Crippen molar-refractivity contribution in [2.45, 2.75) is 39.3 Å². The van der Waals surface area contributed by atoms with Gasteiger partial charge in [-0.25, -0.2) is 0 Å². The van der Waals surface area contributed by atoms with Crippen molar-refractivity contribution in [3.63, 3.8) is 0 Å². The van der Waals surface area contributed by atoms with Gasteiger partial charge in [-0.15, -0.1) is 0 Å². The van der Waals surface area contributed by atoms with E-state index in [9.17, 15) is 0 Å². The molecule has 0 saturated heterocycles. The normalized spacial score (nSPS) is 10.9. The number of benzene rings is 1. The Labute approximate surface area is 116 Å². The van der Waals surface area contributed by atoms with Crippen LogP contribution in [-0.4, -0.2) is 24.7 Å². The molecule has 0 aliphatic heterocycles. The van der Waals surface area contributed by atoms with Crippen molar-refractivity contribution < 1.29 is 4.74 Å². The first kappa shape index (κ1) is 15.4. The minimum absolute atomic E-state index is 0.241. The molecule has 18 heavy (non-hydrogen) atoms. The van der Waals surface area contributed by atoms with Gasteiger partial charge in [0.1, 0.15) is 5.75 Å². The fraction of sp³-hybridized carbons (Fsp3) is 0.600. The van der Waals surface area contributed by atoms with Gasteiger partial charge in [0.05, 0.1) is 6.10 Å². The van der Waals surface area contributed by atoms with Crippen LogP contribution in [0.15, 0.2) is 24.3 Å². The summed E-state index contributed by atoms with van der Waals surface area (Å²) < 4.78 is 5.62. The lowest BCUT2D eigenvalue weighted by Gasteiger charge is -2.10. The second-order valence-corrected chi connectivity index (χ2v) is 5.67. The van der Waals surface area contributed by atoms with E-state index in [1.54, 1.807) is 0 Å². The Hall–Kier alpha value is -0.670. The zero-order valence-electron chi connectivity index (χ0n) is 11.7. The molecule has 2 nitrogen and oxygen atoms in total. The largest absolute Gasteiger partial charge is 0.491 e. The first-order valence-corrected chi connectivity index (χ1v) is 8.07. The van der Waals surface area contributed by atoms with Crippen LogP contribution in [0.4, 0.5) is 0 Å². The van der Waals surface area contributed by atoms with Gasteiger partial charge in [0.25, 0.3) is 0 Å². The molecule has 0 heterocycles. The van der Waals surface area contributed by atoms with Crippen LogP contribution in [0.25, 0.3) is 0 Å². The average molecular weight is 267 g/mol. The van der Waals surface area contributed by atoms with Gasteiger partial charge < -0.3 is 10.1 Å². The number of hydrogen-bond acceptors (Lipinski definition) is 3. The van der Waals surface area contributed by atoms with Crippen LogP contribution in [0.5, 0.6) is 5.75 Å². The zero-order chi connectivity index (χ0) is 13.2. The van der Waals surface area contributed by atoms with Gasteiger partial charge in [-0.3, -0.25) is 0 Å². The lowest BCUT2D eigenvalue weighted by Crippen LogP contribution is -2.14. The molecule has 0 saturated carbocycles. The minimum Gasteiger partial charge on any atom is -0.491 e. The highest BCUT2D eigenvalue weighted by atomic mass is 32.2. The highest BCUT2D eigenvalue weighted by Gasteiger charge is 1.98. The molecule has 0 aromatic heterocycles. The maximum Gasteiger partial charge on any atom is 0.119 e. The third kappa shape index (κ3) is 6.92. The van der Waals surface area contributed by atoms with E-state index in [-0.39, 0.29) is 6.10 Å². The highest BCUT2D eigenvalue weighted by Crippen LogP contribution is 2.13. The number of unbranched alkanes of at least 4 members (excludes halogenated alkanes) is 1. The third-order valence-corrected chi connectivity index (χ3v) is 3.27. The Morgan fingerprint density at radius 2 is 1.89 bits per heavy atom. The van der Waals surface area contributed by atoms with E-state index in [4.69, 9.17) is 4.74 Å². The molecule has 0 atom stereocenters. The van der Waals surface area contributed by atoms with Crippen LogP contribution in [0.3, 0.4) is 0 Å². The van der Waals surface area contributed by atoms with Crippen molar-refractivity contribution in [2.24, 2.45) is 0 Å². The maximum absolute atomic E-state index is 5.62. The molecule has 1 aromatic carbocycles. The quantitative estimate of drug-likeness (QED) is 0.689. The van der Waals surface area contributed by atoms with Crippen LogP contribution >= 0.6 is 11.8 Å². The Kier molecular flexibility index (Phi) is 7.94. The summed E-state index contributed by atoms with van der Waals surface area (Å²) in [6, 6.07) is 8.36. The SMILES string of the molecule is CSCCCCNCc1ccc(OC(C)C)cc1. The minimum atomic E-state index is 0.241. The van der Waals surface area contributed by atoms with E-state index in [0.29, 0.717) is 0 Å². The molecule has 0 bridgehead atoms. The van der Waals surface area contributed by atoms with Gasteiger partial charge in [-0.05, 0) is 62.9 Å². The van der Waals surface area contributed by atoms with Crippen molar-refractivity contribution in [3.8, 4) is 5.75 Å². The van der Waals surface area contributed by atoms with Crippen LogP contribution in [0.2, 0.25) is 0 Å². The standard InChI is InChI=1S/C15H25NOS/c1-13(2)17-15-8-6-14(7-9-15)12-16-10-4-5-11-18-3/h6-9,13,16H,4-5,10-12H2,1-3H3. The van der Waals surface area contributed by atoms with Crippen molar-refractivity contribution in [1.82, 2.24) is 5.32 Å². The summed E-state index contributed by atoms with van der Waals surface area (Å²) in [7, 11) is 0. The Morgan fingerprint density at radius 3 is 2.50 bits per heavy atom. The van der Waals surface area contributed by atoms with Crippen molar-refractivity contribution in [3.05, 3.63) is 29.8 Å². The maximum atomic E-state index is 5.62. The van der Waals surface area contributed by atoms with E-state index in [0.717, 1.165) is 18.8 Å².